The van der Waals surface area contributed by atoms with Crippen LogP contribution in [0.4, 0.5) is 5.69 Å². The molecule has 1 aliphatic rings. The van der Waals surface area contributed by atoms with Crippen LogP contribution >= 0.6 is 0 Å². The molecule has 0 aliphatic carbocycles. The molecule has 1 amide bonds. The number of phenols is 1. The molecule has 1 fully saturated rings. The molecule has 32 heavy (non-hydrogen) atoms. The largest absolute Gasteiger partial charge is 0.508 e. The Kier molecular flexibility index (Phi) is 4.71. The van der Waals surface area contributed by atoms with Gasteiger partial charge >= 0.3 is 0 Å². The van der Waals surface area contributed by atoms with Crippen molar-refractivity contribution in [3.63, 3.8) is 0 Å². The summed E-state index contributed by atoms with van der Waals surface area (Å²) in [6, 6.07) is 27.5. The molecule has 156 valence electrons. The second kappa shape index (κ2) is 7.71. The Morgan fingerprint density at radius 2 is 1.41 bits per heavy atom. The van der Waals surface area contributed by atoms with Crippen LogP contribution in [-0.4, -0.2) is 21.9 Å². The van der Waals surface area contributed by atoms with E-state index in [9.17, 15) is 19.8 Å². The molecule has 4 aromatic carbocycles. The highest BCUT2D eigenvalue weighted by atomic mass is 16.3. The van der Waals surface area contributed by atoms with E-state index >= 15 is 0 Å². The number of benzene rings is 4. The van der Waals surface area contributed by atoms with Gasteiger partial charge in [0.1, 0.15) is 11.5 Å². The molecular formula is C27H19NO4. The molecule has 1 aliphatic heterocycles. The van der Waals surface area contributed by atoms with Crippen molar-refractivity contribution < 1.29 is 19.8 Å². The van der Waals surface area contributed by atoms with Crippen molar-refractivity contribution in [2.45, 2.75) is 6.04 Å². The summed E-state index contributed by atoms with van der Waals surface area (Å²) in [6.07, 6.45) is 0. The van der Waals surface area contributed by atoms with E-state index in [0.29, 0.717) is 16.8 Å². The molecule has 1 heterocycles. The fraction of sp³-hybridized carbons (Fsp3) is 0.0370. The Labute approximate surface area is 184 Å². The Balaban J connectivity index is 1.73. The van der Waals surface area contributed by atoms with Crippen molar-refractivity contribution >= 4 is 33.9 Å². The number of carbonyl (C=O) groups excluding carboxylic acids is 2. The number of ketones is 1. The lowest BCUT2D eigenvalue weighted by Crippen LogP contribution is -2.29. The first-order valence-corrected chi connectivity index (χ1v) is 10.2. The Morgan fingerprint density at radius 3 is 2.12 bits per heavy atom. The minimum Gasteiger partial charge on any atom is -0.508 e. The third kappa shape index (κ3) is 3.20. The molecule has 0 radical (unpaired) electrons. The molecule has 1 atom stereocenters. The highest BCUT2D eigenvalue weighted by Gasteiger charge is 2.46. The van der Waals surface area contributed by atoms with Gasteiger partial charge in [-0.3, -0.25) is 14.5 Å². The summed E-state index contributed by atoms with van der Waals surface area (Å²) in [7, 11) is 0. The van der Waals surface area contributed by atoms with E-state index in [-0.39, 0.29) is 17.1 Å². The van der Waals surface area contributed by atoms with Gasteiger partial charge in [0, 0.05) is 11.3 Å². The zero-order chi connectivity index (χ0) is 22.2. The van der Waals surface area contributed by atoms with Crippen molar-refractivity contribution in [2.24, 2.45) is 0 Å². The quantitative estimate of drug-likeness (QED) is 0.272. The second-order valence-corrected chi connectivity index (χ2v) is 7.66. The Bertz CT molecular complexity index is 1370. The van der Waals surface area contributed by atoms with Gasteiger partial charge in [-0.2, -0.15) is 0 Å². The van der Waals surface area contributed by atoms with Crippen molar-refractivity contribution in [3.05, 3.63) is 114 Å². The molecule has 4 aromatic rings. The number of aromatic hydroxyl groups is 1. The van der Waals surface area contributed by atoms with Gasteiger partial charge in [0.05, 0.1) is 11.6 Å². The van der Waals surface area contributed by atoms with Gasteiger partial charge in [0.25, 0.3) is 11.7 Å². The maximum Gasteiger partial charge on any atom is 0.300 e. The van der Waals surface area contributed by atoms with Crippen molar-refractivity contribution in [3.8, 4) is 5.75 Å². The van der Waals surface area contributed by atoms with Gasteiger partial charge in [-0.05, 0) is 46.7 Å². The highest BCUT2D eigenvalue weighted by Crippen LogP contribution is 2.42. The van der Waals surface area contributed by atoms with Gasteiger partial charge < -0.3 is 10.2 Å². The van der Waals surface area contributed by atoms with E-state index < -0.39 is 17.7 Å². The SMILES string of the molecule is O=C1C(=O)N(c2ccccc2)C(c2ccc(O)cc2)/C1=C(/O)c1ccc2ccccc2c1. The van der Waals surface area contributed by atoms with E-state index in [0.717, 1.165) is 10.8 Å². The third-order valence-corrected chi connectivity index (χ3v) is 5.71. The summed E-state index contributed by atoms with van der Waals surface area (Å²) in [5, 5.41) is 22.9. The summed E-state index contributed by atoms with van der Waals surface area (Å²) >= 11 is 0. The molecule has 1 saturated heterocycles. The molecule has 5 heteroatoms. The predicted octanol–water partition coefficient (Wildman–Crippen LogP) is 5.17. The summed E-state index contributed by atoms with van der Waals surface area (Å²) in [5.74, 6) is -1.63. The molecule has 0 spiro atoms. The molecule has 5 nitrogen and oxygen atoms in total. The minimum atomic E-state index is -0.829. The van der Waals surface area contributed by atoms with Gasteiger partial charge in [0.15, 0.2) is 0 Å². The predicted molar refractivity (Wildman–Crippen MR) is 123 cm³/mol. The first kappa shape index (κ1) is 19.6. The summed E-state index contributed by atoms with van der Waals surface area (Å²) in [6.45, 7) is 0. The molecule has 5 rings (SSSR count). The van der Waals surface area contributed by atoms with E-state index in [1.807, 2.05) is 36.4 Å². The van der Waals surface area contributed by atoms with Crippen LogP contribution in [0, 0.1) is 0 Å². The lowest BCUT2D eigenvalue weighted by molar-refractivity contribution is -0.132. The topological polar surface area (TPSA) is 77.8 Å². The molecule has 0 bridgehead atoms. The van der Waals surface area contributed by atoms with Gasteiger partial charge in [-0.15, -0.1) is 0 Å². The van der Waals surface area contributed by atoms with Crippen LogP contribution in [0.1, 0.15) is 17.2 Å². The number of rotatable bonds is 3. The van der Waals surface area contributed by atoms with Crippen LogP contribution in [0.2, 0.25) is 0 Å². The standard InChI is InChI=1S/C27H19NO4/c29-22-14-12-18(13-15-22)24-23(26(31)27(32)28(24)21-8-2-1-3-9-21)25(30)20-11-10-17-6-4-5-7-19(17)16-20/h1-16,24,29-30H/b25-23-. The van der Waals surface area contributed by atoms with Crippen LogP contribution < -0.4 is 4.90 Å². The average Bonchev–Trinajstić information content (AvgIpc) is 3.09. The van der Waals surface area contributed by atoms with E-state index in [4.69, 9.17) is 0 Å². The van der Waals surface area contributed by atoms with Crippen molar-refractivity contribution in [1.29, 1.82) is 0 Å². The van der Waals surface area contributed by atoms with Gasteiger partial charge in [-0.1, -0.05) is 66.7 Å². The monoisotopic (exact) mass is 421 g/mol. The number of aliphatic hydroxyl groups excluding tert-OH is 1. The zero-order valence-corrected chi connectivity index (χ0v) is 17.0. The summed E-state index contributed by atoms with van der Waals surface area (Å²) in [5.41, 5.74) is 1.62. The maximum atomic E-state index is 13.2. The molecule has 0 saturated carbocycles. The normalized spacial score (nSPS) is 17.8. The Hall–Kier alpha value is -4.38. The number of Topliss-reactive ketones (excluding diaryl/α,β-unsaturated/α-hetero) is 1. The van der Waals surface area contributed by atoms with Crippen LogP contribution in [0.25, 0.3) is 16.5 Å². The Morgan fingerprint density at radius 1 is 0.750 bits per heavy atom. The number of para-hydroxylation sites is 1. The van der Waals surface area contributed by atoms with Crippen LogP contribution in [0.5, 0.6) is 5.75 Å². The number of amides is 1. The lowest BCUT2D eigenvalue weighted by atomic mass is 9.94. The molecule has 0 aromatic heterocycles. The molecule has 1 unspecified atom stereocenters. The fourth-order valence-corrected chi connectivity index (χ4v) is 4.15. The van der Waals surface area contributed by atoms with E-state index in [1.165, 1.54) is 17.0 Å². The van der Waals surface area contributed by atoms with E-state index in [2.05, 4.69) is 0 Å². The first-order valence-electron chi connectivity index (χ1n) is 10.2. The summed E-state index contributed by atoms with van der Waals surface area (Å²) in [4.78, 5) is 27.6. The molecular weight excluding hydrogens is 402 g/mol. The summed E-state index contributed by atoms with van der Waals surface area (Å²) < 4.78 is 0. The zero-order valence-electron chi connectivity index (χ0n) is 17.0. The van der Waals surface area contributed by atoms with Gasteiger partial charge in [-0.25, -0.2) is 0 Å². The number of phenolic OH excluding ortho intramolecular Hbond substituents is 1. The first-order chi connectivity index (χ1) is 15.5. The lowest BCUT2D eigenvalue weighted by Gasteiger charge is -2.25. The number of hydrogen-bond donors (Lipinski definition) is 2. The number of carbonyl (C=O) groups is 2. The molecule has 2 N–H and O–H groups in total. The number of hydrogen-bond acceptors (Lipinski definition) is 4. The van der Waals surface area contributed by atoms with Crippen LogP contribution in [0.3, 0.4) is 0 Å². The third-order valence-electron chi connectivity index (χ3n) is 5.71. The second-order valence-electron chi connectivity index (χ2n) is 7.66. The number of aliphatic hydroxyl groups is 1. The number of nitrogens with zero attached hydrogens (tertiary/aromatic N) is 1. The van der Waals surface area contributed by atoms with Crippen molar-refractivity contribution in [1.82, 2.24) is 0 Å². The smallest absolute Gasteiger partial charge is 0.300 e. The number of anilines is 1. The van der Waals surface area contributed by atoms with Gasteiger partial charge in [0.2, 0.25) is 0 Å². The minimum absolute atomic E-state index is 0.0137. The van der Waals surface area contributed by atoms with Crippen LogP contribution in [-0.2, 0) is 9.59 Å². The van der Waals surface area contributed by atoms with Crippen LogP contribution in [0.15, 0.2) is 103 Å². The van der Waals surface area contributed by atoms with E-state index in [1.54, 1.807) is 48.5 Å². The average molecular weight is 421 g/mol. The fourth-order valence-electron chi connectivity index (χ4n) is 4.15. The maximum absolute atomic E-state index is 13.2. The number of fused-ring (bicyclic) bond motifs is 1. The van der Waals surface area contributed by atoms with Crippen molar-refractivity contribution in [2.75, 3.05) is 4.90 Å². The highest BCUT2D eigenvalue weighted by molar-refractivity contribution is 6.51.